The second-order valence-corrected chi connectivity index (χ2v) is 11.3. The number of aromatic nitrogens is 1. The van der Waals surface area contributed by atoms with Crippen molar-refractivity contribution in [3.8, 4) is 0 Å². The van der Waals surface area contributed by atoms with Gasteiger partial charge in [-0.05, 0) is 43.7 Å². The number of nitrogens with zero attached hydrogens (tertiary/aromatic N) is 3. The van der Waals surface area contributed by atoms with Gasteiger partial charge in [-0.3, -0.25) is 4.79 Å². The lowest BCUT2D eigenvalue weighted by Crippen LogP contribution is -2.40. The number of thiazole rings is 1. The lowest BCUT2D eigenvalue weighted by molar-refractivity contribution is -0.121. The van der Waals surface area contributed by atoms with E-state index in [0.717, 1.165) is 47.6 Å². The molecule has 2 heterocycles. The van der Waals surface area contributed by atoms with Crippen LogP contribution in [0.2, 0.25) is 0 Å². The van der Waals surface area contributed by atoms with Crippen LogP contribution in [0, 0.1) is 11.8 Å². The van der Waals surface area contributed by atoms with E-state index < -0.39 is 9.73 Å². The van der Waals surface area contributed by atoms with E-state index in [1.165, 1.54) is 0 Å². The molecule has 146 valence electrons. The number of rotatable bonds is 4. The fraction of sp³-hybridized carbons (Fsp3) is 0.579. The Labute approximate surface area is 164 Å². The highest BCUT2D eigenvalue weighted by atomic mass is 32.2. The predicted octanol–water partition coefficient (Wildman–Crippen LogP) is 2.87. The topological polar surface area (TPSA) is 88.7 Å². The normalized spacial score (nSPS) is 27.8. The fourth-order valence-electron chi connectivity index (χ4n) is 4.01. The van der Waals surface area contributed by atoms with Gasteiger partial charge in [0.25, 0.3) is 5.91 Å². The molecule has 1 aliphatic carbocycles. The van der Waals surface area contributed by atoms with Crippen molar-refractivity contribution < 1.29 is 9.00 Å². The van der Waals surface area contributed by atoms with Gasteiger partial charge >= 0.3 is 0 Å². The van der Waals surface area contributed by atoms with E-state index in [0.29, 0.717) is 18.2 Å². The summed E-state index contributed by atoms with van der Waals surface area (Å²) in [6.07, 6.45) is 5.12. The predicted molar refractivity (Wildman–Crippen MR) is 112 cm³/mol. The van der Waals surface area contributed by atoms with Crippen LogP contribution in [0.15, 0.2) is 28.6 Å². The van der Waals surface area contributed by atoms with Gasteiger partial charge in [-0.1, -0.05) is 23.5 Å². The third-order valence-electron chi connectivity index (χ3n) is 5.42. The van der Waals surface area contributed by atoms with Crippen molar-refractivity contribution in [1.82, 2.24) is 4.98 Å². The third kappa shape index (κ3) is 4.33. The largest absolute Gasteiger partial charge is 0.347 e. The average Bonchev–Trinajstić information content (AvgIpc) is 3.04. The van der Waals surface area contributed by atoms with E-state index in [1.807, 2.05) is 18.2 Å². The Kier molecular flexibility index (Phi) is 5.22. The number of nitrogens with two attached hydrogens (primary N) is 1. The van der Waals surface area contributed by atoms with Crippen LogP contribution in [0.3, 0.4) is 0 Å². The van der Waals surface area contributed by atoms with Crippen molar-refractivity contribution in [2.45, 2.75) is 31.7 Å². The van der Waals surface area contributed by atoms with Gasteiger partial charge < -0.3 is 10.6 Å². The van der Waals surface area contributed by atoms with E-state index in [-0.39, 0.29) is 17.9 Å². The molecule has 2 aliphatic rings. The zero-order valence-electron chi connectivity index (χ0n) is 15.5. The Morgan fingerprint density at radius 3 is 2.93 bits per heavy atom. The number of hydrogen-bond acceptors (Lipinski definition) is 6. The number of para-hydroxylation sites is 1. The molecule has 1 amide bonds. The third-order valence-corrected chi connectivity index (χ3v) is 8.18. The molecule has 4 rings (SSSR count). The molecule has 1 aliphatic heterocycles. The number of piperidine rings is 1. The molecule has 0 radical (unpaired) electrons. The van der Waals surface area contributed by atoms with Crippen molar-refractivity contribution in [2.75, 3.05) is 30.0 Å². The number of fused-ring (bicyclic) bond motifs is 1. The van der Waals surface area contributed by atoms with Crippen molar-refractivity contribution >= 4 is 42.3 Å². The molecule has 8 heteroatoms. The van der Waals surface area contributed by atoms with E-state index in [9.17, 15) is 9.00 Å². The monoisotopic (exact) mass is 406 g/mol. The molecule has 2 N–H and O–H groups in total. The highest BCUT2D eigenvalue weighted by molar-refractivity contribution is 7.93. The summed E-state index contributed by atoms with van der Waals surface area (Å²) in [5.41, 5.74) is 6.80. The number of benzene rings is 1. The van der Waals surface area contributed by atoms with Gasteiger partial charge in [-0.15, -0.1) is 0 Å². The standard InChI is InChI=1S/C19H26N4O2S2/c1-27(25,12-13-9-15(20)10-13)22-18(24)14-5-4-8-23(11-14)19-21-16-6-2-3-7-17(16)26-19/h2-3,6-7,13-15H,4-5,8-12,20H2,1H3. The molecule has 2 atom stereocenters. The molecule has 2 unspecified atom stereocenters. The van der Waals surface area contributed by atoms with Gasteiger partial charge in [0.05, 0.1) is 25.9 Å². The minimum Gasteiger partial charge on any atom is -0.347 e. The van der Waals surface area contributed by atoms with Crippen molar-refractivity contribution in [3.63, 3.8) is 0 Å². The first kappa shape index (κ1) is 18.8. The van der Waals surface area contributed by atoms with E-state index >= 15 is 0 Å². The SMILES string of the molecule is CS(=O)(CC1CC(N)C1)=NC(=O)C1CCCN(c2nc3ccccc3s2)C1. The molecule has 2 aromatic rings. The first-order chi connectivity index (χ1) is 12.9. The summed E-state index contributed by atoms with van der Waals surface area (Å²) >= 11 is 1.65. The first-order valence-electron chi connectivity index (χ1n) is 9.49. The van der Waals surface area contributed by atoms with Gasteiger partial charge in [-0.25, -0.2) is 9.19 Å². The highest BCUT2D eigenvalue weighted by Crippen LogP contribution is 2.32. The Hall–Kier alpha value is -1.51. The summed E-state index contributed by atoms with van der Waals surface area (Å²) in [6.45, 7) is 1.50. The molecule has 2 fully saturated rings. The van der Waals surface area contributed by atoms with E-state index in [2.05, 4.69) is 15.3 Å². The Bertz CT molecular complexity index is 925. The molecule has 0 spiro atoms. The number of amides is 1. The van der Waals surface area contributed by atoms with E-state index in [4.69, 9.17) is 10.7 Å². The number of anilines is 1. The van der Waals surface area contributed by atoms with Crippen molar-refractivity contribution in [1.29, 1.82) is 0 Å². The highest BCUT2D eigenvalue weighted by Gasteiger charge is 2.31. The lowest BCUT2D eigenvalue weighted by Gasteiger charge is -2.33. The second kappa shape index (κ2) is 7.48. The number of carbonyl (C=O) groups excluding carboxylic acids is 1. The zero-order valence-corrected chi connectivity index (χ0v) is 17.2. The lowest BCUT2D eigenvalue weighted by atomic mass is 9.82. The molecule has 1 saturated carbocycles. The van der Waals surface area contributed by atoms with Crippen LogP contribution in [-0.4, -0.2) is 46.2 Å². The summed E-state index contributed by atoms with van der Waals surface area (Å²) < 4.78 is 18.1. The smallest absolute Gasteiger partial charge is 0.258 e. The van der Waals surface area contributed by atoms with Gasteiger partial charge in [0.1, 0.15) is 0 Å². The molecular weight excluding hydrogens is 380 g/mol. The fourth-order valence-corrected chi connectivity index (χ4v) is 6.76. The first-order valence-corrected chi connectivity index (χ1v) is 12.4. The molecular formula is C19H26N4O2S2. The molecule has 27 heavy (non-hydrogen) atoms. The minimum absolute atomic E-state index is 0.199. The van der Waals surface area contributed by atoms with Crippen LogP contribution < -0.4 is 10.6 Å². The molecule has 0 bridgehead atoms. The summed E-state index contributed by atoms with van der Waals surface area (Å²) in [5.74, 6) is 0.424. The van der Waals surface area contributed by atoms with Crippen LogP contribution in [0.25, 0.3) is 10.2 Å². The minimum atomic E-state index is -2.48. The van der Waals surface area contributed by atoms with Gasteiger partial charge in [-0.2, -0.15) is 4.36 Å². The van der Waals surface area contributed by atoms with E-state index in [1.54, 1.807) is 17.6 Å². The Morgan fingerprint density at radius 2 is 2.19 bits per heavy atom. The molecule has 6 nitrogen and oxygen atoms in total. The van der Waals surface area contributed by atoms with Gasteiger partial charge in [0, 0.05) is 31.1 Å². The van der Waals surface area contributed by atoms with Crippen LogP contribution in [-0.2, 0) is 14.5 Å². The maximum Gasteiger partial charge on any atom is 0.258 e. The number of carbonyl (C=O) groups is 1. The van der Waals surface area contributed by atoms with Crippen LogP contribution in [0.1, 0.15) is 25.7 Å². The maximum absolute atomic E-state index is 12.8. The quantitative estimate of drug-likeness (QED) is 0.843. The average molecular weight is 407 g/mol. The summed E-state index contributed by atoms with van der Waals surface area (Å²) in [4.78, 5) is 19.6. The maximum atomic E-state index is 12.8. The van der Waals surface area contributed by atoms with Crippen molar-refractivity contribution in [2.24, 2.45) is 21.9 Å². The zero-order chi connectivity index (χ0) is 19.0. The summed E-state index contributed by atoms with van der Waals surface area (Å²) in [6, 6.07) is 8.30. The Morgan fingerprint density at radius 1 is 1.41 bits per heavy atom. The summed E-state index contributed by atoms with van der Waals surface area (Å²) in [5, 5.41) is 0.953. The van der Waals surface area contributed by atoms with Gasteiger partial charge in [0.15, 0.2) is 5.13 Å². The second-order valence-electron chi connectivity index (χ2n) is 7.90. The van der Waals surface area contributed by atoms with Crippen LogP contribution in [0.5, 0.6) is 0 Å². The number of hydrogen-bond donors (Lipinski definition) is 1. The van der Waals surface area contributed by atoms with Crippen LogP contribution >= 0.6 is 11.3 Å². The molecule has 1 saturated heterocycles. The molecule has 1 aromatic heterocycles. The van der Waals surface area contributed by atoms with Crippen molar-refractivity contribution in [3.05, 3.63) is 24.3 Å². The molecule has 1 aromatic carbocycles. The summed E-state index contributed by atoms with van der Waals surface area (Å²) in [7, 11) is -2.48. The Balaban J connectivity index is 1.44. The van der Waals surface area contributed by atoms with Crippen LogP contribution in [0.4, 0.5) is 5.13 Å². The van der Waals surface area contributed by atoms with Gasteiger partial charge in [0.2, 0.25) is 0 Å².